The van der Waals surface area contributed by atoms with Gasteiger partial charge in [0, 0.05) is 12.6 Å². The van der Waals surface area contributed by atoms with E-state index in [0.29, 0.717) is 0 Å². The van der Waals surface area contributed by atoms with Gasteiger partial charge < -0.3 is 0 Å². The number of benzene rings is 1. The highest BCUT2D eigenvalue weighted by molar-refractivity contribution is 6.13. The molecule has 1 aromatic rings. The molecule has 0 fully saturated rings. The van der Waals surface area contributed by atoms with Crippen molar-refractivity contribution in [3.63, 3.8) is 0 Å². The maximum Gasteiger partial charge on any atom is 0.0709 e. The van der Waals surface area contributed by atoms with Crippen LogP contribution in [0.25, 0.3) is 0 Å². The fraction of sp³-hybridized carbons (Fsp3) is 0.133. The summed E-state index contributed by atoms with van der Waals surface area (Å²) in [5.74, 6) is 0. The van der Waals surface area contributed by atoms with Crippen LogP contribution in [0.4, 0.5) is 0 Å². The summed E-state index contributed by atoms with van der Waals surface area (Å²) in [5.41, 5.74) is 2.95. The first-order valence-electron chi connectivity index (χ1n) is 5.30. The molecule has 0 amide bonds. The first-order valence-corrected chi connectivity index (χ1v) is 5.30. The molecule has 0 heterocycles. The molecule has 0 atom stereocenters. The number of aliphatic imine (C=N–C) groups is 1. The maximum atomic E-state index is 4.28. The number of allylic oxidation sites excluding steroid dienone is 5. The molecule has 82 valence electrons. The molecule has 0 saturated heterocycles. The molecule has 0 aliphatic carbocycles. The van der Waals surface area contributed by atoms with Crippen LogP contribution < -0.4 is 0 Å². The van der Waals surface area contributed by atoms with E-state index in [4.69, 9.17) is 0 Å². The van der Waals surface area contributed by atoms with E-state index in [1.54, 1.807) is 7.05 Å². The monoisotopic (exact) mass is 211 g/mol. The smallest absolute Gasteiger partial charge is 0.0709 e. The molecule has 0 bridgehead atoms. The van der Waals surface area contributed by atoms with Crippen LogP contribution in [0.3, 0.4) is 0 Å². The van der Waals surface area contributed by atoms with E-state index >= 15 is 0 Å². The minimum Gasteiger partial charge on any atom is -0.287 e. The minimum atomic E-state index is 0.923. The first-order chi connectivity index (χ1) is 7.79. The van der Waals surface area contributed by atoms with E-state index in [1.807, 2.05) is 61.6 Å². The van der Waals surface area contributed by atoms with Crippen molar-refractivity contribution < 1.29 is 0 Å². The molecular weight excluding hydrogens is 194 g/mol. The second-order valence-corrected chi connectivity index (χ2v) is 3.35. The van der Waals surface area contributed by atoms with Crippen molar-refractivity contribution in [3.05, 3.63) is 72.4 Å². The molecule has 0 aliphatic rings. The summed E-state index contributed by atoms with van der Waals surface area (Å²) in [6.45, 7) is 6.01. The molecule has 0 radical (unpaired) electrons. The number of hydrogen-bond acceptors (Lipinski definition) is 1. The summed E-state index contributed by atoms with van der Waals surface area (Å²) in [4.78, 5) is 4.28. The fourth-order valence-corrected chi connectivity index (χ4v) is 1.42. The highest BCUT2D eigenvalue weighted by atomic mass is 14.7. The molecule has 1 nitrogen and oxygen atoms in total. The van der Waals surface area contributed by atoms with Crippen LogP contribution in [0.1, 0.15) is 12.5 Å². The normalized spacial score (nSPS) is 12.5. The van der Waals surface area contributed by atoms with Crippen molar-refractivity contribution in [2.75, 3.05) is 7.05 Å². The van der Waals surface area contributed by atoms with Crippen molar-refractivity contribution >= 4 is 5.71 Å². The maximum absolute atomic E-state index is 4.28. The minimum absolute atomic E-state index is 0.923. The molecule has 0 spiro atoms. The SMILES string of the molecule is C=C(/C=C\C=C/C)C(=NC)c1ccccc1. The van der Waals surface area contributed by atoms with Crippen molar-refractivity contribution in [1.82, 2.24) is 0 Å². The van der Waals surface area contributed by atoms with Crippen molar-refractivity contribution in [1.29, 1.82) is 0 Å². The van der Waals surface area contributed by atoms with Crippen LogP contribution in [0.5, 0.6) is 0 Å². The largest absolute Gasteiger partial charge is 0.287 e. The predicted octanol–water partition coefficient (Wildman–Crippen LogP) is 3.79. The fourth-order valence-electron chi connectivity index (χ4n) is 1.42. The van der Waals surface area contributed by atoms with E-state index < -0.39 is 0 Å². The lowest BCUT2D eigenvalue weighted by molar-refractivity contribution is 1.42. The van der Waals surface area contributed by atoms with E-state index in [0.717, 1.165) is 16.8 Å². The molecule has 0 saturated carbocycles. The van der Waals surface area contributed by atoms with Crippen molar-refractivity contribution in [3.8, 4) is 0 Å². The summed E-state index contributed by atoms with van der Waals surface area (Å²) >= 11 is 0. The summed E-state index contributed by atoms with van der Waals surface area (Å²) in [7, 11) is 1.79. The Morgan fingerprint density at radius 3 is 2.44 bits per heavy atom. The van der Waals surface area contributed by atoms with Gasteiger partial charge in [-0.3, -0.25) is 4.99 Å². The van der Waals surface area contributed by atoms with E-state index in [-0.39, 0.29) is 0 Å². The molecule has 0 N–H and O–H groups in total. The average molecular weight is 211 g/mol. The van der Waals surface area contributed by atoms with Gasteiger partial charge in [-0.15, -0.1) is 0 Å². The van der Waals surface area contributed by atoms with E-state index in [1.165, 1.54) is 0 Å². The zero-order valence-electron chi connectivity index (χ0n) is 9.85. The van der Waals surface area contributed by atoms with Crippen LogP contribution >= 0.6 is 0 Å². The standard InChI is InChI=1S/C15H17N/c1-4-5-7-10-13(2)15(16-3)14-11-8-6-9-12-14/h4-12H,2H2,1,3H3/b5-4-,10-7-,16-15?. The van der Waals surface area contributed by atoms with Gasteiger partial charge in [0.15, 0.2) is 0 Å². The Balaban J connectivity index is 2.89. The molecule has 1 aromatic carbocycles. The Kier molecular flexibility index (Phi) is 5.00. The molecular formula is C15H17N. The molecule has 0 aliphatic heterocycles. The lowest BCUT2D eigenvalue weighted by atomic mass is 10.0. The predicted molar refractivity (Wildman–Crippen MR) is 72.0 cm³/mol. The number of nitrogens with zero attached hydrogens (tertiary/aromatic N) is 1. The topological polar surface area (TPSA) is 12.4 Å². The molecule has 1 rings (SSSR count). The van der Waals surface area contributed by atoms with Gasteiger partial charge in [-0.25, -0.2) is 0 Å². The zero-order valence-corrected chi connectivity index (χ0v) is 9.85. The summed E-state index contributed by atoms with van der Waals surface area (Å²) in [6, 6.07) is 10.1. The molecule has 0 unspecified atom stereocenters. The van der Waals surface area contributed by atoms with Gasteiger partial charge in [0.1, 0.15) is 0 Å². The lowest BCUT2D eigenvalue weighted by Crippen LogP contribution is -2.01. The van der Waals surface area contributed by atoms with E-state index in [9.17, 15) is 0 Å². The van der Waals surface area contributed by atoms with Gasteiger partial charge in [-0.2, -0.15) is 0 Å². The summed E-state index contributed by atoms with van der Waals surface area (Å²) < 4.78 is 0. The van der Waals surface area contributed by atoms with Crippen molar-refractivity contribution in [2.24, 2.45) is 4.99 Å². The third kappa shape index (κ3) is 3.35. The van der Waals surface area contributed by atoms with Gasteiger partial charge in [0.25, 0.3) is 0 Å². The Morgan fingerprint density at radius 2 is 1.88 bits per heavy atom. The van der Waals surface area contributed by atoms with E-state index in [2.05, 4.69) is 11.6 Å². The highest BCUT2D eigenvalue weighted by Crippen LogP contribution is 2.09. The average Bonchev–Trinajstić information content (AvgIpc) is 2.32. The third-order valence-electron chi connectivity index (χ3n) is 2.18. The molecule has 16 heavy (non-hydrogen) atoms. The van der Waals surface area contributed by atoms with Gasteiger partial charge in [0.05, 0.1) is 5.71 Å². The highest BCUT2D eigenvalue weighted by Gasteiger charge is 2.02. The number of rotatable bonds is 4. The van der Waals surface area contributed by atoms with Gasteiger partial charge in [-0.05, 0) is 12.5 Å². The second-order valence-electron chi connectivity index (χ2n) is 3.35. The summed E-state index contributed by atoms with van der Waals surface area (Å²) in [5, 5.41) is 0. The Labute approximate surface area is 97.5 Å². The quantitative estimate of drug-likeness (QED) is 0.530. The summed E-state index contributed by atoms with van der Waals surface area (Å²) in [6.07, 6.45) is 7.89. The zero-order chi connectivity index (χ0) is 11.8. The van der Waals surface area contributed by atoms with Crippen LogP contribution in [-0.4, -0.2) is 12.8 Å². The Morgan fingerprint density at radius 1 is 1.19 bits per heavy atom. The van der Waals surface area contributed by atoms with Crippen LogP contribution in [0, 0.1) is 0 Å². The first kappa shape index (κ1) is 12.2. The van der Waals surface area contributed by atoms with Gasteiger partial charge in [-0.1, -0.05) is 61.2 Å². The lowest BCUT2D eigenvalue weighted by Gasteiger charge is -2.04. The molecule has 1 heteroatoms. The van der Waals surface area contributed by atoms with Gasteiger partial charge >= 0.3 is 0 Å². The Bertz CT molecular complexity index is 422. The Hall–Kier alpha value is -1.89. The molecule has 0 aromatic heterocycles. The number of hydrogen-bond donors (Lipinski definition) is 0. The second kappa shape index (κ2) is 6.57. The third-order valence-corrected chi connectivity index (χ3v) is 2.18. The van der Waals surface area contributed by atoms with Crippen molar-refractivity contribution in [2.45, 2.75) is 6.92 Å². The van der Waals surface area contributed by atoms with Crippen LogP contribution in [-0.2, 0) is 0 Å². The van der Waals surface area contributed by atoms with Crippen LogP contribution in [0.15, 0.2) is 71.8 Å². The van der Waals surface area contributed by atoms with Gasteiger partial charge in [0.2, 0.25) is 0 Å². The van der Waals surface area contributed by atoms with Crippen LogP contribution in [0.2, 0.25) is 0 Å².